The Morgan fingerprint density at radius 3 is 2.48 bits per heavy atom. The number of carboxylic acids is 1. The first-order valence-corrected chi connectivity index (χ1v) is 8.36. The Labute approximate surface area is 126 Å². The number of aliphatic carboxylic acids is 1. The van der Waals surface area contributed by atoms with Crippen LogP contribution in [0.2, 0.25) is 0 Å². The summed E-state index contributed by atoms with van der Waals surface area (Å²) in [6, 6.07) is 0.487. The minimum Gasteiger partial charge on any atom is -0.481 e. The Morgan fingerprint density at radius 1 is 1.05 bits per heavy atom. The van der Waals surface area contributed by atoms with Crippen LogP contribution in [-0.4, -0.2) is 52.6 Å². The Morgan fingerprint density at radius 2 is 1.76 bits per heavy atom. The van der Waals surface area contributed by atoms with Crippen molar-refractivity contribution < 1.29 is 14.7 Å². The maximum atomic E-state index is 12.8. The van der Waals surface area contributed by atoms with Crippen molar-refractivity contribution in [2.45, 2.75) is 51.5 Å². The number of carbonyl (C=O) groups is 2. The van der Waals surface area contributed by atoms with Crippen molar-refractivity contribution in [3.63, 3.8) is 0 Å². The number of carbonyl (C=O) groups excluding carboxylic acids is 1. The molecular weight excluding hydrogens is 268 g/mol. The molecule has 0 aromatic carbocycles. The third-order valence-electron chi connectivity index (χ3n) is 5.69. The van der Waals surface area contributed by atoms with Crippen LogP contribution in [0.5, 0.6) is 0 Å². The summed E-state index contributed by atoms with van der Waals surface area (Å²) in [5.41, 5.74) is 0. The Balaban J connectivity index is 1.68. The van der Waals surface area contributed by atoms with Crippen LogP contribution in [0.4, 0.5) is 4.79 Å². The molecule has 4 atom stereocenters. The molecule has 0 bridgehead atoms. The number of hydrogen-bond acceptors (Lipinski definition) is 2. The standard InChI is InChI=1S/C16H26N2O3/c1-11-9-17(10-13(11)15(19)20)16(21)18-8-4-6-12-5-2-3-7-14(12)18/h11-14H,2-10H2,1H3,(H,19,20)/t11-,12-,13-,14-/m1/s1. The molecule has 3 fully saturated rings. The van der Waals surface area contributed by atoms with E-state index in [0.29, 0.717) is 25.0 Å². The molecule has 2 aliphatic heterocycles. The SMILES string of the molecule is C[C@@H]1CN(C(=O)N2CCC[C@H]3CCCC[C@H]32)C[C@H]1C(=O)O. The van der Waals surface area contributed by atoms with E-state index < -0.39 is 11.9 Å². The minimum atomic E-state index is -0.771. The van der Waals surface area contributed by atoms with Gasteiger partial charge in [0.2, 0.25) is 0 Å². The van der Waals surface area contributed by atoms with Gasteiger partial charge in [-0.25, -0.2) is 4.79 Å². The molecule has 21 heavy (non-hydrogen) atoms. The second-order valence-corrected chi connectivity index (χ2v) is 7.06. The fourth-order valence-corrected chi connectivity index (χ4v) is 4.49. The molecule has 0 spiro atoms. The van der Waals surface area contributed by atoms with Gasteiger partial charge in [-0.05, 0) is 37.5 Å². The van der Waals surface area contributed by atoms with Crippen molar-refractivity contribution in [1.82, 2.24) is 9.80 Å². The van der Waals surface area contributed by atoms with Crippen molar-refractivity contribution >= 4 is 12.0 Å². The van der Waals surface area contributed by atoms with E-state index in [1.807, 2.05) is 6.92 Å². The summed E-state index contributed by atoms with van der Waals surface area (Å²) in [5, 5.41) is 9.23. The summed E-state index contributed by atoms with van der Waals surface area (Å²) >= 11 is 0. The number of hydrogen-bond donors (Lipinski definition) is 1. The van der Waals surface area contributed by atoms with E-state index in [4.69, 9.17) is 0 Å². The third kappa shape index (κ3) is 2.74. The number of carboxylic acid groups (broad SMARTS) is 1. The molecule has 0 radical (unpaired) electrons. The summed E-state index contributed by atoms with van der Waals surface area (Å²) < 4.78 is 0. The molecule has 3 rings (SSSR count). The molecule has 0 aromatic rings. The quantitative estimate of drug-likeness (QED) is 0.808. The van der Waals surface area contributed by atoms with Crippen molar-refractivity contribution in [1.29, 1.82) is 0 Å². The van der Waals surface area contributed by atoms with Crippen LogP contribution >= 0.6 is 0 Å². The van der Waals surface area contributed by atoms with Gasteiger partial charge >= 0.3 is 12.0 Å². The number of nitrogens with zero attached hydrogens (tertiary/aromatic N) is 2. The second-order valence-electron chi connectivity index (χ2n) is 7.06. The van der Waals surface area contributed by atoms with Gasteiger partial charge in [-0.15, -0.1) is 0 Å². The van der Waals surface area contributed by atoms with E-state index in [-0.39, 0.29) is 11.9 Å². The van der Waals surface area contributed by atoms with Gasteiger partial charge in [-0.2, -0.15) is 0 Å². The van der Waals surface area contributed by atoms with Crippen LogP contribution < -0.4 is 0 Å². The number of likely N-dealkylation sites (tertiary alicyclic amines) is 2. The van der Waals surface area contributed by atoms with Crippen LogP contribution in [0.1, 0.15) is 45.4 Å². The van der Waals surface area contributed by atoms with E-state index >= 15 is 0 Å². The highest BCUT2D eigenvalue weighted by Gasteiger charge is 2.42. The largest absolute Gasteiger partial charge is 0.481 e. The predicted molar refractivity (Wildman–Crippen MR) is 78.9 cm³/mol. The van der Waals surface area contributed by atoms with E-state index in [1.54, 1.807) is 4.90 Å². The van der Waals surface area contributed by atoms with Gasteiger partial charge in [0.25, 0.3) is 0 Å². The Bertz CT molecular complexity index is 424. The zero-order chi connectivity index (χ0) is 15.0. The summed E-state index contributed by atoms with van der Waals surface area (Å²) in [7, 11) is 0. The molecule has 5 heteroatoms. The number of fused-ring (bicyclic) bond motifs is 1. The van der Waals surface area contributed by atoms with Gasteiger partial charge in [0.05, 0.1) is 5.92 Å². The normalized spacial score (nSPS) is 36.4. The highest BCUT2D eigenvalue weighted by molar-refractivity contribution is 5.78. The second kappa shape index (κ2) is 5.85. The lowest BCUT2D eigenvalue weighted by atomic mass is 9.78. The number of urea groups is 1. The van der Waals surface area contributed by atoms with Crippen molar-refractivity contribution in [2.75, 3.05) is 19.6 Å². The lowest BCUT2D eigenvalue weighted by Gasteiger charge is -2.45. The van der Waals surface area contributed by atoms with E-state index in [9.17, 15) is 14.7 Å². The number of amides is 2. The van der Waals surface area contributed by atoms with Gasteiger partial charge < -0.3 is 14.9 Å². The Kier molecular flexibility index (Phi) is 4.09. The molecule has 0 unspecified atom stereocenters. The zero-order valence-corrected chi connectivity index (χ0v) is 12.8. The molecule has 0 aromatic heterocycles. The molecule has 1 saturated carbocycles. The first-order chi connectivity index (χ1) is 10.1. The summed E-state index contributed by atoms with van der Waals surface area (Å²) in [5.74, 6) is -0.446. The summed E-state index contributed by atoms with van der Waals surface area (Å²) in [6.07, 6.45) is 7.25. The fraction of sp³-hybridized carbons (Fsp3) is 0.875. The van der Waals surface area contributed by atoms with Gasteiger partial charge in [0, 0.05) is 25.7 Å². The Hall–Kier alpha value is -1.26. The zero-order valence-electron chi connectivity index (χ0n) is 12.8. The maximum absolute atomic E-state index is 12.8. The average Bonchev–Trinajstić information content (AvgIpc) is 2.88. The first kappa shape index (κ1) is 14.7. The van der Waals surface area contributed by atoms with Crippen LogP contribution in [0.25, 0.3) is 0 Å². The van der Waals surface area contributed by atoms with E-state index in [1.165, 1.54) is 25.7 Å². The number of piperidine rings is 1. The van der Waals surface area contributed by atoms with Crippen molar-refractivity contribution in [3.8, 4) is 0 Å². The molecule has 5 nitrogen and oxygen atoms in total. The molecule has 1 aliphatic carbocycles. The van der Waals surface area contributed by atoms with Gasteiger partial charge in [-0.3, -0.25) is 4.79 Å². The molecule has 2 heterocycles. The maximum Gasteiger partial charge on any atom is 0.320 e. The topological polar surface area (TPSA) is 60.9 Å². The predicted octanol–water partition coefficient (Wildman–Crippen LogP) is 2.41. The van der Waals surface area contributed by atoms with Crippen LogP contribution in [0.3, 0.4) is 0 Å². The van der Waals surface area contributed by atoms with Crippen molar-refractivity contribution in [3.05, 3.63) is 0 Å². The van der Waals surface area contributed by atoms with Crippen LogP contribution in [0, 0.1) is 17.8 Å². The van der Waals surface area contributed by atoms with Crippen LogP contribution in [-0.2, 0) is 4.79 Å². The molecule has 3 aliphatic rings. The lowest BCUT2D eigenvalue weighted by Crippen LogP contribution is -2.53. The minimum absolute atomic E-state index is 0.0541. The van der Waals surface area contributed by atoms with Crippen LogP contribution in [0.15, 0.2) is 0 Å². The van der Waals surface area contributed by atoms with Gasteiger partial charge in [0.15, 0.2) is 0 Å². The molecule has 118 valence electrons. The average molecular weight is 294 g/mol. The highest BCUT2D eigenvalue weighted by atomic mass is 16.4. The molecular formula is C16H26N2O3. The monoisotopic (exact) mass is 294 g/mol. The third-order valence-corrected chi connectivity index (χ3v) is 5.69. The molecule has 1 N–H and O–H groups in total. The molecule has 2 amide bonds. The van der Waals surface area contributed by atoms with E-state index in [0.717, 1.165) is 19.4 Å². The highest BCUT2D eigenvalue weighted by Crippen LogP contribution is 2.36. The van der Waals surface area contributed by atoms with Gasteiger partial charge in [0.1, 0.15) is 0 Å². The summed E-state index contributed by atoms with van der Waals surface area (Å²) in [6.45, 7) is 3.75. The summed E-state index contributed by atoms with van der Waals surface area (Å²) in [4.78, 5) is 27.9. The first-order valence-electron chi connectivity index (χ1n) is 8.36. The van der Waals surface area contributed by atoms with Gasteiger partial charge in [-0.1, -0.05) is 19.8 Å². The smallest absolute Gasteiger partial charge is 0.320 e. The van der Waals surface area contributed by atoms with Crippen molar-refractivity contribution in [2.24, 2.45) is 17.8 Å². The fourth-order valence-electron chi connectivity index (χ4n) is 4.49. The lowest BCUT2D eigenvalue weighted by molar-refractivity contribution is -0.142. The number of rotatable bonds is 1. The van der Waals surface area contributed by atoms with E-state index in [2.05, 4.69) is 4.90 Å². The molecule has 2 saturated heterocycles.